The van der Waals surface area contributed by atoms with Crippen LogP contribution >= 0.6 is 0 Å². The monoisotopic (exact) mass is 226 g/mol. The molecule has 2 aromatic rings. The molecule has 0 aliphatic heterocycles. The lowest BCUT2D eigenvalue weighted by Crippen LogP contribution is -1.92. The lowest BCUT2D eigenvalue weighted by atomic mass is 10.0. The van der Waals surface area contributed by atoms with Crippen molar-refractivity contribution < 1.29 is 0 Å². The van der Waals surface area contributed by atoms with Crippen LogP contribution in [0.25, 0.3) is 10.8 Å². The Hall–Kier alpha value is -2.16. The maximum absolute atomic E-state index is 10.8. The molecule has 0 atom stereocenters. The summed E-state index contributed by atoms with van der Waals surface area (Å²) < 4.78 is 0. The van der Waals surface area contributed by atoms with Gasteiger partial charge in [-0.25, -0.2) is 0 Å². The number of nitroso groups, excluding NO2 is 1. The number of benzene rings is 2. The molecule has 86 valence electrons. The van der Waals surface area contributed by atoms with Gasteiger partial charge in [0.1, 0.15) is 5.69 Å². The highest BCUT2D eigenvalue weighted by Gasteiger charge is 2.03. The van der Waals surface area contributed by atoms with Crippen LogP contribution in [-0.4, -0.2) is 7.05 Å². The molecule has 0 aliphatic rings. The zero-order valence-electron chi connectivity index (χ0n) is 9.68. The summed E-state index contributed by atoms with van der Waals surface area (Å²) in [6, 6.07) is 11.8. The minimum Gasteiger partial charge on any atom is -0.394 e. The number of allylic oxidation sites excluding steroid dienone is 1. The van der Waals surface area contributed by atoms with E-state index in [1.54, 1.807) is 0 Å². The number of fused-ring (bicyclic) bond motifs is 1. The second-order valence-electron chi connectivity index (χ2n) is 3.81. The van der Waals surface area contributed by atoms with Gasteiger partial charge in [0.25, 0.3) is 0 Å². The van der Waals surface area contributed by atoms with E-state index < -0.39 is 0 Å². The quantitative estimate of drug-likeness (QED) is 0.810. The first kappa shape index (κ1) is 11.3. The van der Waals surface area contributed by atoms with E-state index in [1.165, 1.54) is 0 Å². The van der Waals surface area contributed by atoms with Crippen molar-refractivity contribution in [3.8, 4) is 0 Å². The van der Waals surface area contributed by atoms with E-state index in [1.807, 2.05) is 55.7 Å². The number of hydrogen-bond acceptors (Lipinski definition) is 3. The van der Waals surface area contributed by atoms with E-state index >= 15 is 0 Å². The van der Waals surface area contributed by atoms with E-state index in [0.717, 1.165) is 16.3 Å². The van der Waals surface area contributed by atoms with Crippen LogP contribution < -0.4 is 5.32 Å². The van der Waals surface area contributed by atoms with Crippen LogP contribution in [0.15, 0.2) is 53.9 Å². The van der Waals surface area contributed by atoms with Crippen LogP contribution in [0.1, 0.15) is 5.56 Å². The molecule has 0 aliphatic carbocycles. The Bertz CT molecular complexity index is 561. The molecule has 3 nitrogen and oxygen atoms in total. The van der Waals surface area contributed by atoms with Crippen LogP contribution in [0.3, 0.4) is 0 Å². The fourth-order valence-corrected chi connectivity index (χ4v) is 1.83. The third kappa shape index (κ3) is 2.50. The average molecular weight is 226 g/mol. The predicted molar refractivity (Wildman–Crippen MR) is 71.3 cm³/mol. The summed E-state index contributed by atoms with van der Waals surface area (Å²) in [7, 11) is 1.84. The molecule has 2 rings (SSSR count). The highest BCUT2D eigenvalue weighted by Crippen LogP contribution is 2.26. The fraction of sp³-hybridized carbons (Fsp3) is 0.143. The SMILES string of the molecule is CN/C=C/Cc1cc2ccccc2cc1N=O. The summed E-state index contributed by atoms with van der Waals surface area (Å²) in [6.07, 6.45) is 4.52. The molecule has 0 fully saturated rings. The topological polar surface area (TPSA) is 41.5 Å². The molecule has 0 radical (unpaired) electrons. The van der Waals surface area contributed by atoms with Gasteiger partial charge in [0.2, 0.25) is 0 Å². The van der Waals surface area contributed by atoms with E-state index in [-0.39, 0.29) is 0 Å². The number of nitrogens with one attached hydrogen (secondary N) is 1. The Morgan fingerprint density at radius 1 is 1.24 bits per heavy atom. The van der Waals surface area contributed by atoms with Gasteiger partial charge in [0.15, 0.2) is 0 Å². The van der Waals surface area contributed by atoms with Crippen LogP contribution in [0.5, 0.6) is 0 Å². The van der Waals surface area contributed by atoms with Gasteiger partial charge in [-0.1, -0.05) is 30.3 Å². The first-order valence-corrected chi connectivity index (χ1v) is 5.52. The van der Waals surface area contributed by atoms with Crippen LogP contribution in [0, 0.1) is 4.91 Å². The fourth-order valence-electron chi connectivity index (χ4n) is 1.83. The maximum atomic E-state index is 10.8. The lowest BCUT2D eigenvalue weighted by Gasteiger charge is -2.04. The molecular weight excluding hydrogens is 212 g/mol. The van der Waals surface area contributed by atoms with Crippen LogP contribution in [0.4, 0.5) is 5.69 Å². The number of nitrogens with zero attached hydrogens (tertiary/aromatic N) is 1. The van der Waals surface area contributed by atoms with Gasteiger partial charge < -0.3 is 5.32 Å². The van der Waals surface area contributed by atoms with E-state index in [4.69, 9.17) is 0 Å². The Kier molecular flexibility index (Phi) is 3.50. The van der Waals surface area contributed by atoms with Crippen molar-refractivity contribution in [2.45, 2.75) is 6.42 Å². The first-order valence-electron chi connectivity index (χ1n) is 5.52. The normalized spacial score (nSPS) is 10.9. The second kappa shape index (κ2) is 5.25. The Labute approximate surface area is 100 Å². The molecule has 3 heteroatoms. The summed E-state index contributed by atoms with van der Waals surface area (Å²) in [6.45, 7) is 0. The van der Waals surface area contributed by atoms with Crippen LogP contribution in [0.2, 0.25) is 0 Å². The molecule has 0 saturated heterocycles. The smallest absolute Gasteiger partial charge is 0.112 e. The molecule has 17 heavy (non-hydrogen) atoms. The van der Waals surface area contributed by atoms with Crippen molar-refractivity contribution in [1.29, 1.82) is 0 Å². The first-order chi connectivity index (χ1) is 8.35. The summed E-state index contributed by atoms with van der Waals surface area (Å²) in [5.41, 5.74) is 1.47. The molecule has 0 unspecified atom stereocenters. The summed E-state index contributed by atoms with van der Waals surface area (Å²) in [5.74, 6) is 0. The van der Waals surface area contributed by atoms with Gasteiger partial charge in [-0.15, -0.1) is 4.91 Å². The van der Waals surface area contributed by atoms with Crippen molar-refractivity contribution in [2.24, 2.45) is 5.18 Å². The molecule has 0 bridgehead atoms. The lowest BCUT2D eigenvalue weighted by molar-refractivity contribution is 1.08. The van der Waals surface area contributed by atoms with Gasteiger partial charge >= 0.3 is 0 Å². The summed E-state index contributed by atoms with van der Waals surface area (Å²) >= 11 is 0. The molecule has 0 spiro atoms. The molecule has 0 saturated carbocycles. The van der Waals surface area contributed by atoms with Gasteiger partial charge in [0.05, 0.1) is 0 Å². The van der Waals surface area contributed by atoms with E-state index in [2.05, 4.69) is 10.5 Å². The zero-order valence-corrected chi connectivity index (χ0v) is 9.68. The van der Waals surface area contributed by atoms with Crippen molar-refractivity contribution in [3.63, 3.8) is 0 Å². The van der Waals surface area contributed by atoms with Gasteiger partial charge in [-0.3, -0.25) is 0 Å². The maximum Gasteiger partial charge on any atom is 0.112 e. The van der Waals surface area contributed by atoms with Crippen molar-refractivity contribution in [2.75, 3.05) is 7.05 Å². The molecule has 0 heterocycles. The summed E-state index contributed by atoms with van der Waals surface area (Å²) in [5, 5.41) is 8.20. The van der Waals surface area contributed by atoms with Gasteiger partial charge in [-0.05, 0) is 46.3 Å². The molecule has 2 aromatic carbocycles. The average Bonchev–Trinajstić information content (AvgIpc) is 2.38. The minimum atomic E-state index is 0.518. The third-order valence-electron chi connectivity index (χ3n) is 2.67. The largest absolute Gasteiger partial charge is 0.394 e. The van der Waals surface area contributed by atoms with E-state index in [0.29, 0.717) is 12.1 Å². The predicted octanol–water partition coefficient (Wildman–Crippen LogP) is 3.51. The van der Waals surface area contributed by atoms with E-state index in [9.17, 15) is 4.91 Å². The minimum absolute atomic E-state index is 0.518. The number of rotatable bonds is 4. The van der Waals surface area contributed by atoms with Crippen molar-refractivity contribution >= 4 is 16.5 Å². The van der Waals surface area contributed by atoms with Crippen molar-refractivity contribution in [1.82, 2.24) is 5.32 Å². The van der Waals surface area contributed by atoms with Gasteiger partial charge in [-0.2, -0.15) is 0 Å². The van der Waals surface area contributed by atoms with Gasteiger partial charge in [0, 0.05) is 7.05 Å². The Morgan fingerprint density at radius 2 is 1.94 bits per heavy atom. The summed E-state index contributed by atoms with van der Waals surface area (Å²) in [4.78, 5) is 10.8. The van der Waals surface area contributed by atoms with Crippen LogP contribution in [-0.2, 0) is 6.42 Å². The third-order valence-corrected chi connectivity index (χ3v) is 2.67. The van der Waals surface area contributed by atoms with Crippen molar-refractivity contribution in [3.05, 3.63) is 59.1 Å². The Morgan fingerprint density at radius 3 is 2.59 bits per heavy atom. The highest BCUT2D eigenvalue weighted by atomic mass is 16.3. The Balaban J connectivity index is 2.45. The molecule has 0 amide bonds. The second-order valence-corrected chi connectivity index (χ2v) is 3.81. The highest BCUT2D eigenvalue weighted by molar-refractivity contribution is 5.86. The number of hydrogen-bond donors (Lipinski definition) is 1. The zero-order chi connectivity index (χ0) is 12.1. The standard InChI is InChI=1S/C14H14N2O/c1-15-8-4-7-13-9-11-5-2-3-6-12(11)10-14(13)16-17/h2-6,8-10,15H,7H2,1H3/b8-4+. The molecule has 0 aromatic heterocycles. The molecule has 1 N–H and O–H groups in total. The molecular formula is C14H14N2O.